The van der Waals surface area contributed by atoms with Gasteiger partial charge in [0.05, 0.1) is 18.4 Å². The molecule has 1 aromatic rings. The number of hydrogen-bond acceptors (Lipinski definition) is 4. The van der Waals surface area contributed by atoms with Crippen LogP contribution < -0.4 is 10.6 Å². The lowest BCUT2D eigenvalue weighted by Crippen LogP contribution is -2.36. The summed E-state index contributed by atoms with van der Waals surface area (Å²) in [6.07, 6.45) is 8.04. The standard InChI is InChI=1S/C14H23N5O2/c1-18(2)5-6-19-9-13(8-15-19)17-14(21)16-12-4-3-11(7-12)10-20/h3-4,8-9,11-12,20H,5-7,10H2,1-2H3,(H2,16,17,21)/t11-,12+/m0/s1. The molecule has 3 N–H and O–H groups in total. The van der Waals surface area contributed by atoms with E-state index in [0.717, 1.165) is 19.5 Å². The van der Waals surface area contributed by atoms with Crippen LogP contribution in [-0.2, 0) is 6.54 Å². The van der Waals surface area contributed by atoms with Crippen molar-refractivity contribution in [3.8, 4) is 0 Å². The van der Waals surface area contributed by atoms with Gasteiger partial charge in [-0.15, -0.1) is 0 Å². The van der Waals surface area contributed by atoms with Gasteiger partial charge in [-0.25, -0.2) is 4.79 Å². The summed E-state index contributed by atoms with van der Waals surface area (Å²) in [4.78, 5) is 13.9. The summed E-state index contributed by atoms with van der Waals surface area (Å²) in [5.41, 5.74) is 0.673. The Hall–Kier alpha value is -1.86. The van der Waals surface area contributed by atoms with Gasteiger partial charge in [0.15, 0.2) is 0 Å². The monoisotopic (exact) mass is 293 g/mol. The molecule has 1 aliphatic rings. The normalized spacial score (nSPS) is 21.0. The fourth-order valence-electron chi connectivity index (χ4n) is 2.21. The highest BCUT2D eigenvalue weighted by Crippen LogP contribution is 2.17. The molecule has 0 saturated carbocycles. The van der Waals surface area contributed by atoms with E-state index < -0.39 is 0 Å². The van der Waals surface area contributed by atoms with Crippen molar-refractivity contribution < 1.29 is 9.90 Å². The molecule has 0 aliphatic heterocycles. The number of carbonyl (C=O) groups excluding carboxylic acids is 1. The van der Waals surface area contributed by atoms with E-state index in [2.05, 4.69) is 20.6 Å². The van der Waals surface area contributed by atoms with Gasteiger partial charge in [-0.1, -0.05) is 12.2 Å². The second kappa shape index (κ2) is 7.24. The van der Waals surface area contributed by atoms with Crippen molar-refractivity contribution >= 4 is 11.7 Å². The Balaban J connectivity index is 1.76. The molecular formula is C14H23N5O2. The highest BCUT2D eigenvalue weighted by atomic mass is 16.3. The van der Waals surface area contributed by atoms with Gasteiger partial charge in [0.25, 0.3) is 0 Å². The van der Waals surface area contributed by atoms with Gasteiger partial charge in [-0.3, -0.25) is 4.68 Å². The number of anilines is 1. The molecule has 0 radical (unpaired) electrons. The third kappa shape index (κ3) is 4.87. The zero-order valence-electron chi connectivity index (χ0n) is 12.5. The number of aliphatic hydroxyl groups excluding tert-OH is 1. The van der Waals surface area contributed by atoms with Crippen LogP contribution in [-0.4, -0.2) is 59.1 Å². The van der Waals surface area contributed by atoms with Crippen molar-refractivity contribution in [1.82, 2.24) is 20.0 Å². The maximum Gasteiger partial charge on any atom is 0.319 e. The Labute approximate surface area is 124 Å². The Morgan fingerprint density at radius 1 is 1.52 bits per heavy atom. The molecule has 1 aliphatic carbocycles. The van der Waals surface area contributed by atoms with Gasteiger partial charge in [0.1, 0.15) is 0 Å². The van der Waals surface area contributed by atoms with Crippen LogP contribution >= 0.6 is 0 Å². The molecular weight excluding hydrogens is 270 g/mol. The first kappa shape index (κ1) is 15.5. The van der Waals surface area contributed by atoms with Gasteiger partial charge in [-0.05, 0) is 20.5 Å². The summed E-state index contributed by atoms with van der Waals surface area (Å²) in [5, 5.41) is 18.9. The maximum absolute atomic E-state index is 11.9. The number of likely N-dealkylation sites (N-methyl/N-ethyl adjacent to an activating group) is 1. The molecule has 7 heteroatoms. The van der Waals surface area contributed by atoms with Crippen molar-refractivity contribution in [2.45, 2.75) is 19.0 Å². The SMILES string of the molecule is CN(C)CCn1cc(NC(=O)N[C@@H]2C=C[C@H](CO)C2)cn1. The molecule has 116 valence electrons. The van der Waals surface area contributed by atoms with Crippen molar-refractivity contribution in [3.05, 3.63) is 24.5 Å². The fraction of sp³-hybridized carbons (Fsp3) is 0.571. The van der Waals surface area contributed by atoms with E-state index in [4.69, 9.17) is 5.11 Å². The molecule has 0 aromatic carbocycles. The van der Waals surface area contributed by atoms with Crippen molar-refractivity contribution in [2.75, 3.05) is 32.6 Å². The lowest BCUT2D eigenvalue weighted by molar-refractivity contribution is 0.238. The quantitative estimate of drug-likeness (QED) is 0.667. The van der Waals surface area contributed by atoms with E-state index in [0.29, 0.717) is 5.69 Å². The molecule has 2 amide bonds. The second-order valence-electron chi connectivity index (χ2n) is 5.56. The molecule has 7 nitrogen and oxygen atoms in total. The molecule has 0 saturated heterocycles. The van der Waals surface area contributed by atoms with E-state index in [1.807, 2.05) is 32.4 Å². The van der Waals surface area contributed by atoms with Gasteiger partial charge in [0.2, 0.25) is 0 Å². The molecule has 1 heterocycles. The number of urea groups is 1. The van der Waals surface area contributed by atoms with Crippen LogP contribution in [0.3, 0.4) is 0 Å². The second-order valence-corrected chi connectivity index (χ2v) is 5.56. The fourth-order valence-corrected chi connectivity index (χ4v) is 2.21. The predicted octanol–water partition coefficient (Wildman–Crippen LogP) is 0.503. The summed E-state index contributed by atoms with van der Waals surface area (Å²) in [7, 11) is 4.01. The topological polar surface area (TPSA) is 82.4 Å². The third-order valence-electron chi connectivity index (χ3n) is 3.39. The Morgan fingerprint density at radius 3 is 3.00 bits per heavy atom. The van der Waals surface area contributed by atoms with Crippen LogP contribution in [0, 0.1) is 5.92 Å². The zero-order chi connectivity index (χ0) is 15.2. The van der Waals surface area contributed by atoms with Crippen LogP contribution in [0.4, 0.5) is 10.5 Å². The number of rotatable bonds is 6. The van der Waals surface area contributed by atoms with Crippen molar-refractivity contribution in [3.63, 3.8) is 0 Å². The zero-order valence-corrected chi connectivity index (χ0v) is 12.5. The minimum absolute atomic E-state index is 0.0223. The molecule has 2 rings (SSSR count). The molecule has 21 heavy (non-hydrogen) atoms. The third-order valence-corrected chi connectivity index (χ3v) is 3.39. The van der Waals surface area contributed by atoms with Gasteiger partial charge in [0, 0.05) is 31.3 Å². The van der Waals surface area contributed by atoms with Crippen LogP contribution in [0.1, 0.15) is 6.42 Å². The number of nitrogens with zero attached hydrogens (tertiary/aromatic N) is 3. The lowest BCUT2D eigenvalue weighted by Gasteiger charge is -2.12. The van der Waals surface area contributed by atoms with Gasteiger partial charge < -0.3 is 20.6 Å². The molecule has 2 atom stereocenters. The first-order valence-electron chi connectivity index (χ1n) is 7.10. The van der Waals surface area contributed by atoms with E-state index in [1.165, 1.54) is 0 Å². The lowest BCUT2D eigenvalue weighted by atomic mass is 10.1. The maximum atomic E-state index is 11.9. The summed E-state index contributed by atoms with van der Waals surface area (Å²) in [6, 6.07) is -0.277. The number of aromatic nitrogens is 2. The number of amides is 2. The minimum Gasteiger partial charge on any atom is -0.396 e. The first-order valence-corrected chi connectivity index (χ1v) is 7.10. The summed E-state index contributed by atoms with van der Waals surface area (Å²) >= 11 is 0. The first-order chi connectivity index (χ1) is 10.1. The highest BCUT2D eigenvalue weighted by Gasteiger charge is 2.19. The van der Waals surface area contributed by atoms with Crippen molar-refractivity contribution in [2.24, 2.45) is 5.92 Å². The summed E-state index contributed by atoms with van der Waals surface area (Å²) < 4.78 is 1.80. The van der Waals surface area contributed by atoms with Crippen LogP contribution in [0.5, 0.6) is 0 Å². The number of carbonyl (C=O) groups is 1. The highest BCUT2D eigenvalue weighted by molar-refractivity contribution is 5.89. The van der Waals surface area contributed by atoms with E-state index in [9.17, 15) is 4.79 Å². The molecule has 0 unspecified atom stereocenters. The van der Waals surface area contributed by atoms with Crippen molar-refractivity contribution in [1.29, 1.82) is 0 Å². The average Bonchev–Trinajstić information content (AvgIpc) is 3.05. The number of aliphatic hydroxyl groups is 1. The number of nitrogens with one attached hydrogen (secondary N) is 2. The average molecular weight is 293 g/mol. The Bertz CT molecular complexity index is 497. The number of hydrogen-bond donors (Lipinski definition) is 3. The van der Waals surface area contributed by atoms with E-state index in [-0.39, 0.29) is 24.6 Å². The Morgan fingerprint density at radius 2 is 2.33 bits per heavy atom. The van der Waals surface area contributed by atoms with Crippen LogP contribution in [0.2, 0.25) is 0 Å². The molecule has 0 bridgehead atoms. The predicted molar refractivity (Wildman–Crippen MR) is 81.1 cm³/mol. The summed E-state index contributed by atoms with van der Waals surface area (Å²) in [6.45, 7) is 1.79. The summed E-state index contributed by atoms with van der Waals surface area (Å²) in [5.74, 6) is 0.143. The van der Waals surface area contributed by atoms with Crippen LogP contribution in [0.15, 0.2) is 24.5 Å². The minimum atomic E-state index is -0.254. The van der Waals surface area contributed by atoms with E-state index in [1.54, 1.807) is 10.9 Å². The van der Waals surface area contributed by atoms with Gasteiger partial charge >= 0.3 is 6.03 Å². The van der Waals surface area contributed by atoms with Gasteiger partial charge in [-0.2, -0.15) is 5.10 Å². The Kier molecular flexibility index (Phi) is 5.35. The molecule has 0 spiro atoms. The molecule has 1 aromatic heterocycles. The smallest absolute Gasteiger partial charge is 0.319 e. The largest absolute Gasteiger partial charge is 0.396 e. The van der Waals surface area contributed by atoms with Crippen LogP contribution in [0.25, 0.3) is 0 Å². The molecule has 0 fully saturated rings. The van der Waals surface area contributed by atoms with E-state index >= 15 is 0 Å².